The van der Waals surface area contributed by atoms with E-state index in [1.807, 2.05) is 136 Å². The van der Waals surface area contributed by atoms with Crippen LogP contribution in [0.15, 0.2) is 301 Å². The Balaban J connectivity index is 0.000000186. The number of amides is 6. The predicted molar refractivity (Wildman–Crippen MR) is 508 cm³/mol. The maximum Gasteiger partial charge on any atom is 0.417 e. The number of alkyl halides is 3. The number of aromatic nitrogens is 5. The van der Waals surface area contributed by atoms with E-state index in [2.05, 4.69) is 62.9 Å². The molecule has 0 aliphatic carbocycles. The fraction of sp³-hybridized carbons (Fsp3) is 0.194. The van der Waals surface area contributed by atoms with Gasteiger partial charge in [-0.2, -0.15) is 13.2 Å². The Morgan fingerprint density at radius 2 is 0.634 bits per heavy atom. The first-order valence-electron chi connectivity index (χ1n) is 40.9. The number of benzene rings is 8. The standard InChI is InChI=1S/C22H20F3N3O3S.2C22H23N3O3S.C17H19N3O2.C15H17N3O/c1-15-9-10-16(2)19(12-15)28(14-21(29)27-17-6-5-11-26-13-17)32(30,31)20-8-4-3-7-18(20)22(23,24)25;1-16-6-4-8-20(12-16)29(27,28)25(21-13-17(2)9-10-18(21)3)15-22(26)24-19-7-5-11-23-14-19;1-16-7-10-20(11-8-16)29(27,28)25(21-13-17(2)6-9-18(21)3)15-22(26)24-19-5-4-12-23-14-19;1-12-6-7-13(2)16(9-12)20(14(3)21)11-17(22)19-15-5-4-8-18-10-15;1-11-5-6-12(2)14(8-11)17-10-15(19)18-13-4-3-7-16-9-13/h3-13H,14H2,1-2H3,(H,27,29);2*4-14H,15H2,1-3H3,(H,24,26);4-10H,11H2,1-3H3,(H,19,22);3-9,17H,10H2,1-2H3,(H,18,19). The van der Waals surface area contributed by atoms with Crippen LogP contribution < -0.4 is 49.7 Å². The van der Waals surface area contributed by atoms with Gasteiger partial charge >= 0.3 is 6.18 Å². The van der Waals surface area contributed by atoms with Crippen molar-refractivity contribution in [3.8, 4) is 0 Å². The second-order valence-electron chi connectivity index (χ2n) is 30.5. The number of halogens is 3. The third-order valence-electron chi connectivity index (χ3n) is 19.6. The van der Waals surface area contributed by atoms with Crippen LogP contribution >= 0.6 is 0 Å². The molecule has 680 valence electrons. The molecule has 0 unspecified atom stereocenters. The normalized spacial score (nSPS) is 11.0. The van der Waals surface area contributed by atoms with E-state index in [4.69, 9.17) is 0 Å². The van der Waals surface area contributed by atoms with Crippen molar-refractivity contribution < 1.29 is 67.2 Å². The number of hydrogen-bond acceptors (Lipinski definition) is 18. The van der Waals surface area contributed by atoms with E-state index in [-0.39, 0.29) is 59.4 Å². The number of hydrogen-bond donors (Lipinski definition) is 6. The molecule has 6 N–H and O–H groups in total. The van der Waals surface area contributed by atoms with Gasteiger partial charge in [0.1, 0.15) is 26.2 Å². The van der Waals surface area contributed by atoms with Crippen molar-refractivity contribution in [2.24, 2.45) is 0 Å². The van der Waals surface area contributed by atoms with Crippen LogP contribution in [0.25, 0.3) is 0 Å². The average molecular weight is 1840 g/mol. The number of aryl methyl sites for hydroxylation is 12. The highest BCUT2D eigenvalue weighted by atomic mass is 32.2. The second kappa shape index (κ2) is 46.2. The summed E-state index contributed by atoms with van der Waals surface area (Å²) in [5, 5.41) is 16.6. The lowest BCUT2D eigenvalue weighted by Gasteiger charge is -2.27. The molecule has 5 heterocycles. The molecule has 0 saturated carbocycles. The highest BCUT2D eigenvalue weighted by molar-refractivity contribution is 7.93. The highest BCUT2D eigenvalue weighted by Crippen LogP contribution is 2.38. The van der Waals surface area contributed by atoms with Crippen molar-refractivity contribution in [1.29, 1.82) is 0 Å². The van der Waals surface area contributed by atoms with Crippen LogP contribution in [0, 0.1) is 83.1 Å². The molecule has 33 heteroatoms. The number of pyridine rings is 5. The Morgan fingerprint density at radius 3 is 1.00 bits per heavy atom. The van der Waals surface area contributed by atoms with Gasteiger partial charge in [-0.05, 0) is 272 Å². The average Bonchev–Trinajstić information content (AvgIpc) is 0.760. The molecule has 0 bridgehead atoms. The first kappa shape index (κ1) is 99.9. The number of rotatable bonds is 26. The summed E-state index contributed by atoms with van der Waals surface area (Å²) >= 11 is 0. The van der Waals surface area contributed by atoms with Crippen LogP contribution in [0.2, 0.25) is 0 Å². The molecule has 0 radical (unpaired) electrons. The van der Waals surface area contributed by atoms with E-state index in [0.717, 1.165) is 82.2 Å². The van der Waals surface area contributed by atoms with Gasteiger partial charge in [-0.3, -0.25) is 66.6 Å². The zero-order valence-electron chi connectivity index (χ0n) is 74.5. The second-order valence-corrected chi connectivity index (χ2v) is 36.1. The monoisotopic (exact) mass is 1830 g/mol. The van der Waals surface area contributed by atoms with Gasteiger partial charge in [0.15, 0.2) is 0 Å². The van der Waals surface area contributed by atoms with E-state index < -0.39 is 71.0 Å². The fourth-order valence-corrected chi connectivity index (χ4v) is 17.6. The van der Waals surface area contributed by atoms with Gasteiger partial charge in [-0.1, -0.05) is 103 Å². The summed E-state index contributed by atoms with van der Waals surface area (Å²) in [5.74, 6) is -2.15. The molecular weight excluding hydrogens is 1730 g/mol. The SMILES string of the molecule is CC(=O)N(CC(=O)Nc1cccnc1)c1cc(C)ccc1C.Cc1ccc(C)c(N(CC(=O)Nc2cccnc2)S(=O)(=O)c2ccccc2C(F)(F)F)c1.Cc1ccc(C)c(NCC(=O)Nc2cccnc2)c1.Cc1ccc(S(=O)(=O)N(CC(=O)Nc2cccnc2)c2cc(C)ccc2C)cc1.Cc1cccc(S(=O)(=O)N(CC(=O)Nc2cccnc2)c2cc(C)ccc2C)c1. The lowest BCUT2D eigenvalue weighted by atomic mass is 10.1. The number of carbonyl (C=O) groups is 6. The van der Waals surface area contributed by atoms with Crippen molar-refractivity contribution in [2.45, 2.75) is 111 Å². The molecule has 0 fully saturated rings. The third-order valence-corrected chi connectivity index (χ3v) is 25.0. The smallest absolute Gasteiger partial charge is 0.376 e. The van der Waals surface area contributed by atoms with Gasteiger partial charge in [0.25, 0.3) is 30.1 Å². The number of nitrogens with one attached hydrogen (secondary N) is 6. The quantitative estimate of drug-likeness (QED) is 0.0293. The molecule has 13 aromatic rings. The van der Waals surface area contributed by atoms with Crippen LogP contribution in [0.3, 0.4) is 0 Å². The summed E-state index contributed by atoms with van der Waals surface area (Å²) in [4.78, 5) is 94.4. The molecule has 131 heavy (non-hydrogen) atoms. The Kier molecular flexibility index (Phi) is 35.3. The molecule has 13 rings (SSSR count). The van der Waals surface area contributed by atoms with E-state index in [0.29, 0.717) is 61.3 Å². The zero-order valence-corrected chi connectivity index (χ0v) is 76.9. The predicted octanol–water partition coefficient (Wildman–Crippen LogP) is 17.7. The third kappa shape index (κ3) is 29.4. The summed E-state index contributed by atoms with van der Waals surface area (Å²) in [6.45, 7) is 22.6. The van der Waals surface area contributed by atoms with E-state index >= 15 is 0 Å². The van der Waals surface area contributed by atoms with Crippen molar-refractivity contribution in [1.82, 2.24) is 24.9 Å². The molecular formula is C98H102F3N15O12S3. The zero-order chi connectivity index (χ0) is 95.3. The van der Waals surface area contributed by atoms with Gasteiger partial charge in [-0.25, -0.2) is 25.3 Å². The van der Waals surface area contributed by atoms with E-state index in [1.54, 1.807) is 172 Å². The fourth-order valence-electron chi connectivity index (χ4n) is 12.9. The Morgan fingerprint density at radius 1 is 0.313 bits per heavy atom. The molecule has 0 aliphatic heterocycles. The van der Waals surface area contributed by atoms with Gasteiger partial charge in [0, 0.05) is 49.3 Å². The minimum absolute atomic E-state index is 0.0332. The molecule has 27 nitrogen and oxygen atoms in total. The van der Waals surface area contributed by atoms with Gasteiger partial charge < -0.3 is 36.8 Å². The topological polar surface area (TPSA) is 354 Å². The first-order valence-corrected chi connectivity index (χ1v) is 45.2. The van der Waals surface area contributed by atoms with Crippen LogP contribution in [0.5, 0.6) is 0 Å². The molecule has 0 aliphatic rings. The van der Waals surface area contributed by atoms with Crippen LogP contribution in [-0.4, -0.2) is 118 Å². The van der Waals surface area contributed by atoms with Gasteiger partial charge in [-0.15, -0.1) is 0 Å². The van der Waals surface area contributed by atoms with E-state index in [9.17, 15) is 67.2 Å². The van der Waals surface area contributed by atoms with Gasteiger partial charge in [0.2, 0.25) is 35.4 Å². The van der Waals surface area contributed by atoms with Crippen LogP contribution in [0.4, 0.5) is 70.0 Å². The molecule has 6 amide bonds. The Bertz CT molecular complexity index is 6520. The summed E-state index contributed by atoms with van der Waals surface area (Å²) in [7, 11) is -12.6. The number of anilines is 10. The van der Waals surface area contributed by atoms with Gasteiger partial charge in [0.05, 0.1) is 103 Å². The molecule has 0 saturated heterocycles. The molecule has 0 atom stereocenters. The Labute approximate surface area is 761 Å². The van der Waals surface area contributed by atoms with Crippen molar-refractivity contribution in [2.75, 3.05) is 82.4 Å². The summed E-state index contributed by atoms with van der Waals surface area (Å²) in [5.41, 5.74) is 14.7. The summed E-state index contributed by atoms with van der Waals surface area (Å²) in [6.07, 6.45) is 10.7. The van der Waals surface area contributed by atoms with Crippen LogP contribution in [0.1, 0.15) is 79.2 Å². The number of sulfonamides is 3. The summed E-state index contributed by atoms with van der Waals surface area (Å²) < 4.78 is 124. The summed E-state index contributed by atoms with van der Waals surface area (Å²) in [6, 6.07) is 62.1. The molecule has 0 spiro atoms. The molecule has 8 aromatic carbocycles. The number of nitrogens with zero attached hydrogens (tertiary/aromatic N) is 9. The molecule has 5 aromatic heterocycles. The maximum atomic E-state index is 13.6. The minimum Gasteiger partial charge on any atom is -0.376 e. The lowest BCUT2D eigenvalue weighted by Crippen LogP contribution is -2.39. The Hall–Kier alpha value is -14.8. The van der Waals surface area contributed by atoms with Crippen molar-refractivity contribution >= 4 is 122 Å². The number of carbonyl (C=O) groups excluding carboxylic acids is 6. The van der Waals surface area contributed by atoms with Crippen molar-refractivity contribution in [3.05, 3.63) is 359 Å². The lowest BCUT2D eigenvalue weighted by molar-refractivity contribution is -0.140. The highest BCUT2D eigenvalue weighted by Gasteiger charge is 2.40. The van der Waals surface area contributed by atoms with Crippen LogP contribution in [-0.2, 0) is 65.0 Å². The van der Waals surface area contributed by atoms with E-state index in [1.165, 1.54) is 54.3 Å². The largest absolute Gasteiger partial charge is 0.417 e. The minimum atomic E-state index is -4.89. The van der Waals surface area contributed by atoms with Crippen molar-refractivity contribution in [3.63, 3.8) is 0 Å². The maximum absolute atomic E-state index is 13.6. The first-order chi connectivity index (χ1) is 62.2.